The molecule has 16 heavy (non-hydrogen) atoms. The van der Waals surface area contributed by atoms with E-state index in [9.17, 15) is 4.79 Å². The van der Waals surface area contributed by atoms with Crippen molar-refractivity contribution in [2.24, 2.45) is 0 Å². The van der Waals surface area contributed by atoms with Crippen molar-refractivity contribution >= 4 is 5.97 Å². The van der Waals surface area contributed by atoms with Crippen molar-refractivity contribution in [1.82, 2.24) is 4.90 Å². The van der Waals surface area contributed by atoms with Gasteiger partial charge in [-0.2, -0.15) is 0 Å². The van der Waals surface area contributed by atoms with E-state index in [1.165, 1.54) is 7.11 Å². The molecular weight excluding hydrogens is 210 g/mol. The number of carbonyl (C=O) groups is 1. The molecular formula is C11H17NO4. The number of esters is 1. The lowest BCUT2D eigenvalue weighted by Gasteiger charge is -2.21. The summed E-state index contributed by atoms with van der Waals surface area (Å²) in [4.78, 5) is 13.1. The molecule has 0 aliphatic rings. The number of hydrogen-bond acceptors (Lipinski definition) is 5. The topological polar surface area (TPSA) is 62.9 Å². The fourth-order valence-electron chi connectivity index (χ4n) is 1.36. The number of ether oxygens (including phenoxy) is 1. The lowest BCUT2D eigenvalue weighted by Crippen LogP contribution is -2.25. The van der Waals surface area contributed by atoms with E-state index in [2.05, 4.69) is 4.74 Å². The van der Waals surface area contributed by atoms with Gasteiger partial charge in [-0.1, -0.05) is 0 Å². The van der Waals surface area contributed by atoms with Crippen LogP contribution in [0, 0.1) is 0 Å². The van der Waals surface area contributed by atoms with Crippen LogP contribution in [0.15, 0.2) is 16.5 Å². The summed E-state index contributed by atoms with van der Waals surface area (Å²) in [5, 5.41) is 8.82. The van der Waals surface area contributed by atoms with Crippen LogP contribution in [0.3, 0.4) is 0 Å². The van der Waals surface area contributed by atoms with Gasteiger partial charge in [-0.3, -0.25) is 4.90 Å². The van der Waals surface area contributed by atoms with Crippen LogP contribution in [0.4, 0.5) is 0 Å². The van der Waals surface area contributed by atoms with Crippen LogP contribution in [-0.4, -0.2) is 43.3 Å². The van der Waals surface area contributed by atoms with Crippen LogP contribution in [0.2, 0.25) is 0 Å². The quantitative estimate of drug-likeness (QED) is 0.762. The van der Waals surface area contributed by atoms with Crippen molar-refractivity contribution in [3.63, 3.8) is 0 Å². The molecule has 0 bridgehead atoms. The Morgan fingerprint density at radius 3 is 2.88 bits per heavy atom. The van der Waals surface area contributed by atoms with E-state index in [1.54, 1.807) is 12.1 Å². The Kier molecular flexibility index (Phi) is 4.52. The molecule has 1 aromatic heterocycles. The minimum absolute atomic E-state index is 0.00514. The van der Waals surface area contributed by atoms with Crippen molar-refractivity contribution in [2.45, 2.75) is 13.0 Å². The molecule has 5 nitrogen and oxygen atoms in total. The molecule has 0 amide bonds. The highest BCUT2D eigenvalue weighted by molar-refractivity contribution is 5.86. The van der Waals surface area contributed by atoms with Crippen LogP contribution < -0.4 is 0 Å². The average molecular weight is 227 g/mol. The lowest BCUT2D eigenvalue weighted by atomic mass is 10.2. The maximum atomic E-state index is 11.2. The predicted octanol–water partition coefficient (Wildman–Crippen LogP) is 1.05. The first-order valence-corrected chi connectivity index (χ1v) is 5.09. The second-order valence-corrected chi connectivity index (χ2v) is 3.57. The van der Waals surface area contributed by atoms with Gasteiger partial charge in [0.1, 0.15) is 5.76 Å². The Labute approximate surface area is 94.6 Å². The molecule has 0 aliphatic carbocycles. The van der Waals surface area contributed by atoms with Gasteiger partial charge in [0.05, 0.1) is 19.8 Å². The Bertz CT molecular complexity index is 348. The number of carbonyl (C=O) groups excluding carboxylic acids is 1. The molecule has 0 saturated carbocycles. The molecule has 1 N–H and O–H groups in total. The van der Waals surface area contributed by atoms with Crippen molar-refractivity contribution in [3.05, 3.63) is 23.7 Å². The summed E-state index contributed by atoms with van der Waals surface area (Å²) in [6.45, 7) is 2.58. The molecule has 1 aromatic rings. The number of nitrogens with zero attached hydrogens (tertiary/aromatic N) is 1. The third-order valence-corrected chi connectivity index (χ3v) is 2.54. The summed E-state index contributed by atoms with van der Waals surface area (Å²) in [7, 11) is 3.19. The van der Waals surface area contributed by atoms with Crippen LogP contribution >= 0.6 is 0 Å². The molecule has 1 heterocycles. The minimum Gasteiger partial charge on any atom is -0.463 e. The van der Waals surface area contributed by atoms with Gasteiger partial charge in [-0.15, -0.1) is 0 Å². The van der Waals surface area contributed by atoms with Crippen LogP contribution in [0.5, 0.6) is 0 Å². The lowest BCUT2D eigenvalue weighted by molar-refractivity contribution is 0.0559. The van der Waals surface area contributed by atoms with Crippen molar-refractivity contribution in [3.8, 4) is 0 Å². The van der Waals surface area contributed by atoms with Crippen LogP contribution in [0.25, 0.3) is 0 Å². The van der Waals surface area contributed by atoms with Crippen molar-refractivity contribution in [2.75, 3.05) is 27.3 Å². The number of aliphatic hydroxyl groups excluding tert-OH is 1. The van der Waals surface area contributed by atoms with Gasteiger partial charge in [0.15, 0.2) is 0 Å². The van der Waals surface area contributed by atoms with E-state index in [-0.39, 0.29) is 18.4 Å². The summed E-state index contributed by atoms with van der Waals surface area (Å²) in [6, 6.07) is 3.33. The van der Waals surface area contributed by atoms with Gasteiger partial charge in [-0.25, -0.2) is 4.79 Å². The number of likely N-dealkylation sites (N-methyl/N-ethyl adjacent to an activating group) is 1. The maximum Gasteiger partial charge on any atom is 0.373 e. The highest BCUT2D eigenvalue weighted by atomic mass is 16.5. The Morgan fingerprint density at radius 1 is 1.62 bits per heavy atom. The molecule has 0 aromatic carbocycles. The molecule has 0 fully saturated rings. The zero-order valence-corrected chi connectivity index (χ0v) is 9.77. The smallest absolute Gasteiger partial charge is 0.373 e. The number of methoxy groups -OCH3 is 1. The van der Waals surface area contributed by atoms with E-state index in [4.69, 9.17) is 9.52 Å². The first-order valence-electron chi connectivity index (χ1n) is 5.09. The highest BCUT2D eigenvalue weighted by Gasteiger charge is 2.17. The molecule has 1 atom stereocenters. The van der Waals surface area contributed by atoms with E-state index < -0.39 is 5.97 Å². The summed E-state index contributed by atoms with van der Waals surface area (Å²) in [5.41, 5.74) is 0. The standard InChI is InChI=1S/C11H17NO4/c1-8(12(2)6-7-13)9-4-5-10(16-9)11(14)15-3/h4-5,8,13H,6-7H2,1-3H3. The van der Waals surface area contributed by atoms with Gasteiger partial charge in [0.2, 0.25) is 5.76 Å². The van der Waals surface area contributed by atoms with Gasteiger partial charge in [0.25, 0.3) is 0 Å². The molecule has 1 unspecified atom stereocenters. The van der Waals surface area contributed by atoms with E-state index >= 15 is 0 Å². The SMILES string of the molecule is COC(=O)c1ccc(C(C)N(C)CCO)o1. The summed E-state index contributed by atoms with van der Waals surface area (Å²) < 4.78 is 9.92. The summed E-state index contributed by atoms with van der Waals surface area (Å²) in [5.74, 6) is 0.390. The maximum absolute atomic E-state index is 11.2. The zero-order chi connectivity index (χ0) is 12.1. The monoisotopic (exact) mass is 227 g/mol. The van der Waals surface area contributed by atoms with E-state index in [0.717, 1.165) is 0 Å². The van der Waals surface area contributed by atoms with Crippen LogP contribution in [0.1, 0.15) is 29.3 Å². The fourth-order valence-corrected chi connectivity index (χ4v) is 1.36. The van der Waals surface area contributed by atoms with Gasteiger partial charge in [0, 0.05) is 6.54 Å². The molecule has 5 heteroatoms. The summed E-state index contributed by atoms with van der Waals surface area (Å²) >= 11 is 0. The molecule has 0 saturated heterocycles. The fraction of sp³-hybridized carbons (Fsp3) is 0.545. The Balaban J connectivity index is 2.73. The largest absolute Gasteiger partial charge is 0.463 e. The second-order valence-electron chi connectivity index (χ2n) is 3.57. The minimum atomic E-state index is -0.483. The van der Waals surface area contributed by atoms with E-state index in [1.807, 2.05) is 18.9 Å². The first-order chi connectivity index (χ1) is 7.60. The number of hydrogen-bond donors (Lipinski definition) is 1. The molecule has 90 valence electrons. The third-order valence-electron chi connectivity index (χ3n) is 2.54. The second kappa shape index (κ2) is 5.67. The summed E-state index contributed by atoms with van der Waals surface area (Å²) in [6.07, 6.45) is 0. The third kappa shape index (κ3) is 2.84. The normalized spacial score (nSPS) is 12.8. The van der Waals surface area contributed by atoms with Gasteiger partial charge >= 0.3 is 5.97 Å². The Hall–Kier alpha value is -1.33. The molecule has 0 spiro atoms. The Morgan fingerprint density at radius 2 is 2.31 bits per heavy atom. The predicted molar refractivity (Wildman–Crippen MR) is 58.2 cm³/mol. The highest BCUT2D eigenvalue weighted by Crippen LogP contribution is 2.21. The first kappa shape index (κ1) is 12.7. The molecule has 1 rings (SSSR count). The van der Waals surface area contributed by atoms with Crippen molar-refractivity contribution < 1.29 is 19.1 Å². The number of aliphatic hydroxyl groups is 1. The molecule has 0 aliphatic heterocycles. The van der Waals surface area contributed by atoms with Crippen molar-refractivity contribution in [1.29, 1.82) is 0 Å². The van der Waals surface area contributed by atoms with Gasteiger partial charge < -0.3 is 14.3 Å². The van der Waals surface area contributed by atoms with E-state index in [0.29, 0.717) is 12.3 Å². The zero-order valence-electron chi connectivity index (χ0n) is 9.77. The number of furan rings is 1. The van der Waals surface area contributed by atoms with Crippen LogP contribution in [-0.2, 0) is 4.74 Å². The molecule has 0 radical (unpaired) electrons. The average Bonchev–Trinajstić information content (AvgIpc) is 2.76. The van der Waals surface area contributed by atoms with Gasteiger partial charge in [-0.05, 0) is 26.1 Å². The number of rotatable bonds is 5.